The summed E-state index contributed by atoms with van der Waals surface area (Å²) < 4.78 is 7.09. The molecule has 0 spiro atoms. The highest BCUT2D eigenvalue weighted by molar-refractivity contribution is 5.80. The normalized spacial score (nSPS) is 11.5. The Morgan fingerprint density at radius 2 is 2.24 bits per heavy atom. The van der Waals surface area contributed by atoms with Crippen molar-refractivity contribution in [1.29, 1.82) is 0 Å². The van der Waals surface area contributed by atoms with Crippen molar-refractivity contribution in [3.8, 4) is 0 Å². The maximum atomic E-state index is 5.78. The molecule has 7 nitrogen and oxygen atoms in total. The van der Waals surface area contributed by atoms with Gasteiger partial charge in [0.15, 0.2) is 11.5 Å². The van der Waals surface area contributed by atoms with Gasteiger partial charge in [-0.3, -0.25) is 0 Å². The molecule has 0 amide bonds. The largest absolute Gasteiger partial charge is 0.472 e. The first kappa shape index (κ1) is 13.6. The Kier molecular flexibility index (Phi) is 3.83. The number of fused-ring (bicyclic) bond motifs is 1. The number of nitrogen functional groups attached to an aromatic ring is 1. The topological polar surface area (TPSA) is 86.0 Å². The van der Waals surface area contributed by atoms with Gasteiger partial charge < -0.3 is 19.6 Å². The molecule has 21 heavy (non-hydrogen) atoms. The van der Waals surface area contributed by atoms with Crippen molar-refractivity contribution in [1.82, 2.24) is 24.4 Å². The number of furan rings is 1. The van der Waals surface area contributed by atoms with E-state index in [1.807, 2.05) is 10.6 Å². The molecular formula is C14H18N6O. The highest BCUT2D eigenvalue weighted by Crippen LogP contribution is 2.14. The lowest BCUT2D eigenvalue weighted by atomic mass is 10.3. The molecule has 2 N–H and O–H groups in total. The van der Waals surface area contributed by atoms with Crippen molar-refractivity contribution < 1.29 is 4.42 Å². The molecule has 110 valence electrons. The number of anilines is 1. The zero-order chi connectivity index (χ0) is 14.7. The summed E-state index contributed by atoms with van der Waals surface area (Å²) in [4.78, 5) is 14.7. The highest BCUT2D eigenvalue weighted by Gasteiger charge is 2.08. The summed E-state index contributed by atoms with van der Waals surface area (Å²) in [7, 11) is 2.10. The molecular weight excluding hydrogens is 268 g/mol. The number of aromatic nitrogens is 4. The molecule has 0 atom stereocenters. The lowest BCUT2D eigenvalue weighted by molar-refractivity contribution is 0.313. The van der Waals surface area contributed by atoms with Crippen LogP contribution in [0, 0.1) is 0 Å². The minimum absolute atomic E-state index is 0.427. The number of hydrogen-bond acceptors (Lipinski definition) is 6. The zero-order valence-electron chi connectivity index (χ0n) is 11.9. The second-order valence-corrected chi connectivity index (χ2v) is 5.09. The molecule has 0 aromatic carbocycles. The molecule has 0 aliphatic heterocycles. The zero-order valence-corrected chi connectivity index (χ0v) is 11.9. The van der Waals surface area contributed by atoms with E-state index in [9.17, 15) is 0 Å². The van der Waals surface area contributed by atoms with Crippen LogP contribution in [0.4, 0.5) is 5.82 Å². The summed E-state index contributed by atoms with van der Waals surface area (Å²) in [6.07, 6.45) is 7.72. The van der Waals surface area contributed by atoms with Crippen molar-refractivity contribution in [2.45, 2.75) is 19.5 Å². The molecule has 0 aliphatic carbocycles. The molecule has 0 radical (unpaired) electrons. The van der Waals surface area contributed by atoms with Crippen molar-refractivity contribution >= 4 is 17.0 Å². The van der Waals surface area contributed by atoms with Gasteiger partial charge in [0.2, 0.25) is 0 Å². The average molecular weight is 286 g/mol. The fourth-order valence-corrected chi connectivity index (χ4v) is 2.35. The first-order valence-corrected chi connectivity index (χ1v) is 6.85. The maximum absolute atomic E-state index is 5.78. The van der Waals surface area contributed by atoms with Crippen LogP contribution in [0.3, 0.4) is 0 Å². The van der Waals surface area contributed by atoms with E-state index in [2.05, 4.69) is 26.9 Å². The third kappa shape index (κ3) is 3.03. The van der Waals surface area contributed by atoms with Gasteiger partial charge in [-0.15, -0.1) is 0 Å². The molecule has 7 heteroatoms. The van der Waals surface area contributed by atoms with E-state index in [1.54, 1.807) is 18.9 Å². The van der Waals surface area contributed by atoms with Gasteiger partial charge in [-0.25, -0.2) is 15.0 Å². The number of rotatable bonds is 6. The van der Waals surface area contributed by atoms with Crippen LogP contribution in [-0.4, -0.2) is 38.0 Å². The number of nitrogens with two attached hydrogens (primary N) is 1. The van der Waals surface area contributed by atoms with Crippen LogP contribution in [0.15, 0.2) is 35.7 Å². The molecule has 3 rings (SSSR count). The van der Waals surface area contributed by atoms with E-state index in [1.165, 1.54) is 11.9 Å². The van der Waals surface area contributed by atoms with Crippen molar-refractivity contribution in [2.24, 2.45) is 0 Å². The van der Waals surface area contributed by atoms with Crippen LogP contribution >= 0.6 is 0 Å². The molecule has 3 heterocycles. The SMILES string of the molecule is CN(CCCn1cnc2c(N)ncnc21)Cc1ccoc1. The first-order chi connectivity index (χ1) is 10.2. The van der Waals surface area contributed by atoms with E-state index in [4.69, 9.17) is 10.2 Å². The van der Waals surface area contributed by atoms with Crippen molar-refractivity contribution in [3.05, 3.63) is 36.8 Å². The number of nitrogens with zero attached hydrogens (tertiary/aromatic N) is 5. The van der Waals surface area contributed by atoms with Crippen LogP contribution in [0.5, 0.6) is 0 Å². The van der Waals surface area contributed by atoms with Gasteiger partial charge >= 0.3 is 0 Å². The maximum Gasteiger partial charge on any atom is 0.165 e. The Bertz CT molecular complexity index is 705. The Morgan fingerprint density at radius 3 is 3.05 bits per heavy atom. The van der Waals surface area contributed by atoms with Crippen LogP contribution in [0.1, 0.15) is 12.0 Å². The van der Waals surface area contributed by atoms with E-state index in [-0.39, 0.29) is 0 Å². The highest BCUT2D eigenvalue weighted by atomic mass is 16.3. The minimum Gasteiger partial charge on any atom is -0.472 e. The van der Waals surface area contributed by atoms with Gasteiger partial charge in [0.25, 0.3) is 0 Å². The summed E-state index contributed by atoms with van der Waals surface area (Å²) in [5, 5.41) is 0. The summed E-state index contributed by atoms with van der Waals surface area (Å²) in [5.41, 5.74) is 8.43. The molecule has 0 aliphatic rings. The third-order valence-electron chi connectivity index (χ3n) is 3.40. The fourth-order valence-electron chi connectivity index (χ4n) is 2.35. The molecule has 3 aromatic rings. The third-order valence-corrected chi connectivity index (χ3v) is 3.40. The fraction of sp³-hybridized carbons (Fsp3) is 0.357. The second-order valence-electron chi connectivity index (χ2n) is 5.09. The average Bonchev–Trinajstić information content (AvgIpc) is 3.10. The Labute approximate surface area is 122 Å². The van der Waals surface area contributed by atoms with Gasteiger partial charge in [0.1, 0.15) is 11.8 Å². The van der Waals surface area contributed by atoms with Crippen LogP contribution in [0.2, 0.25) is 0 Å². The van der Waals surface area contributed by atoms with E-state index >= 15 is 0 Å². The molecule has 0 saturated carbocycles. The van der Waals surface area contributed by atoms with Gasteiger partial charge in [-0.05, 0) is 26.1 Å². The molecule has 0 fully saturated rings. The quantitative estimate of drug-likeness (QED) is 0.739. The summed E-state index contributed by atoms with van der Waals surface area (Å²) in [5.74, 6) is 0.427. The predicted octanol–water partition coefficient (Wildman–Crippen LogP) is 1.52. The summed E-state index contributed by atoms with van der Waals surface area (Å²) >= 11 is 0. The van der Waals surface area contributed by atoms with Crippen molar-refractivity contribution in [2.75, 3.05) is 19.3 Å². The Hall–Kier alpha value is -2.41. The van der Waals surface area contributed by atoms with Crippen LogP contribution in [0.25, 0.3) is 11.2 Å². The molecule has 3 aromatic heterocycles. The second kappa shape index (κ2) is 5.92. The number of aryl methyl sites for hydroxylation is 1. The van der Waals surface area contributed by atoms with Gasteiger partial charge in [0.05, 0.1) is 18.9 Å². The van der Waals surface area contributed by atoms with E-state index < -0.39 is 0 Å². The monoisotopic (exact) mass is 286 g/mol. The van der Waals surface area contributed by atoms with E-state index in [0.29, 0.717) is 11.3 Å². The number of hydrogen-bond donors (Lipinski definition) is 1. The predicted molar refractivity (Wildman–Crippen MR) is 79.4 cm³/mol. The van der Waals surface area contributed by atoms with Crippen LogP contribution < -0.4 is 5.73 Å². The lowest BCUT2D eigenvalue weighted by Crippen LogP contribution is -2.20. The molecule has 0 unspecified atom stereocenters. The lowest BCUT2D eigenvalue weighted by Gasteiger charge is -2.15. The molecule has 0 bridgehead atoms. The number of imidazole rings is 1. The smallest absolute Gasteiger partial charge is 0.165 e. The van der Waals surface area contributed by atoms with Crippen LogP contribution in [-0.2, 0) is 13.1 Å². The Balaban J connectivity index is 1.56. The van der Waals surface area contributed by atoms with Crippen molar-refractivity contribution in [3.63, 3.8) is 0 Å². The molecule has 0 saturated heterocycles. The Morgan fingerprint density at radius 1 is 1.33 bits per heavy atom. The first-order valence-electron chi connectivity index (χ1n) is 6.85. The van der Waals surface area contributed by atoms with Gasteiger partial charge in [-0.2, -0.15) is 0 Å². The van der Waals surface area contributed by atoms with E-state index in [0.717, 1.165) is 31.7 Å². The van der Waals surface area contributed by atoms with Gasteiger partial charge in [-0.1, -0.05) is 0 Å². The van der Waals surface area contributed by atoms with Gasteiger partial charge in [0, 0.05) is 18.7 Å². The minimum atomic E-state index is 0.427. The standard InChI is InChI=1S/C14H18N6O/c1-19(7-11-3-6-21-8-11)4-2-5-20-10-18-12-13(15)16-9-17-14(12)20/h3,6,8-10H,2,4-5,7H2,1H3,(H2,15,16,17). The summed E-state index contributed by atoms with van der Waals surface area (Å²) in [6, 6.07) is 1.99. The summed E-state index contributed by atoms with van der Waals surface area (Å²) in [6.45, 7) is 2.71.